The normalized spacial score (nSPS) is 23.5. The Bertz CT molecular complexity index is 912. The molecule has 1 N–H and O–H groups in total. The van der Waals surface area contributed by atoms with Gasteiger partial charge in [-0.3, -0.25) is 9.59 Å². The van der Waals surface area contributed by atoms with Crippen LogP contribution >= 0.6 is 0 Å². The molecule has 4 heterocycles. The van der Waals surface area contributed by atoms with Gasteiger partial charge in [-0.2, -0.15) is 0 Å². The maximum absolute atomic E-state index is 12.7. The Morgan fingerprint density at radius 3 is 2.72 bits per heavy atom. The molecule has 3 aliphatic heterocycles. The summed E-state index contributed by atoms with van der Waals surface area (Å²) in [6.45, 7) is 4.52. The van der Waals surface area contributed by atoms with Gasteiger partial charge in [0, 0.05) is 36.6 Å². The first-order valence-corrected chi connectivity index (χ1v) is 10.4. The summed E-state index contributed by atoms with van der Waals surface area (Å²) in [5, 5.41) is 1.11. The summed E-state index contributed by atoms with van der Waals surface area (Å²) in [7, 11) is 0. The van der Waals surface area contributed by atoms with Gasteiger partial charge in [0.05, 0.1) is 39.3 Å². The van der Waals surface area contributed by atoms with Crippen molar-refractivity contribution in [1.29, 1.82) is 0 Å². The van der Waals surface area contributed by atoms with Crippen molar-refractivity contribution in [2.45, 2.75) is 24.9 Å². The fraction of sp³-hybridized carbons (Fsp3) is 0.545. The highest BCUT2D eigenvalue weighted by molar-refractivity contribution is 5.89. The number of morpholine rings is 1. The highest BCUT2D eigenvalue weighted by Gasteiger charge is 2.51. The lowest BCUT2D eigenvalue weighted by molar-refractivity contribution is -0.157. The third-order valence-corrected chi connectivity index (χ3v) is 6.44. The summed E-state index contributed by atoms with van der Waals surface area (Å²) in [6, 6.07) is 8.05. The van der Waals surface area contributed by atoms with Crippen LogP contribution in [0.4, 0.5) is 0 Å². The molecule has 1 atom stereocenters. The van der Waals surface area contributed by atoms with Gasteiger partial charge in [-0.15, -0.1) is 0 Å². The van der Waals surface area contributed by atoms with Crippen LogP contribution in [-0.2, 0) is 25.5 Å². The zero-order chi connectivity index (χ0) is 19.8. The van der Waals surface area contributed by atoms with E-state index in [0.29, 0.717) is 58.8 Å². The first-order valence-electron chi connectivity index (χ1n) is 10.4. The van der Waals surface area contributed by atoms with E-state index in [-0.39, 0.29) is 23.3 Å². The molecule has 7 heteroatoms. The lowest BCUT2D eigenvalue weighted by Gasteiger charge is -2.47. The van der Waals surface area contributed by atoms with Crippen molar-refractivity contribution >= 4 is 22.7 Å². The van der Waals surface area contributed by atoms with Gasteiger partial charge in [0.15, 0.2) is 0 Å². The number of nitrogens with zero attached hydrogens (tertiary/aromatic N) is 2. The quantitative estimate of drug-likeness (QED) is 0.850. The predicted molar refractivity (Wildman–Crippen MR) is 107 cm³/mol. The summed E-state index contributed by atoms with van der Waals surface area (Å²) in [5.74, 6) is 0.582. The second-order valence-electron chi connectivity index (χ2n) is 8.55. The van der Waals surface area contributed by atoms with E-state index in [9.17, 15) is 9.59 Å². The lowest BCUT2D eigenvalue weighted by Crippen LogP contribution is -2.63. The van der Waals surface area contributed by atoms with E-state index in [4.69, 9.17) is 9.47 Å². The van der Waals surface area contributed by atoms with Crippen molar-refractivity contribution in [1.82, 2.24) is 14.8 Å². The first-order chi connectivity index (χ1) is 14.1. The second kappa shape index (κ2) is 7.46. The zero-order valence-electron chi connectivity index (χ0n) is 16.6. The standard InChI is InChI=1S/C22H27N3O4/c26-20(24-5-7-28-8-6-24)9-16-11-22(29-13-16)14-25(15-22)21(27)10-17-12-23-19-4-2-1-3-18(17)19/h1-4,12,16,23H,5-11,13-15H2. The number of hydrogen-bond acceptors (Lipinski definition) is 4. The SMILES string of the molecule is O=C(CC1COC2(C1)CN(C(=O)Cc1c[nH]c3ccccc13)C2)N1CCOCC1. The number of benzene rings is 1. The smallest absolute Gasteiger partial charge is 0.227 e. The number of nitrogens with one attached hydrogen (secondary N) is 1. The Morgan fingerprint density at radius 2 is 1.90 bits per heavy atom. The number of H-pyrrole nitrogens is 1. The van der Waals surface area contributed by atoms with E-state index < -0.39 is 0 Å². The molecule has 154 valence electrons. The molecule has 2 amide bonds. The molecule has 5 rings (SSSR count). The van der Waals surface area contributed by atoms with Crippen LogP contribution in [0.1, 0.15) is 18.4 Å². The number of amides is 2. The maximum atomic E-state index is 12.7. The number of likely N-dealkylation sites (tertiary alicyclic amines) is 1. The molecule has 3 aliphatic rings. The number of ether oxygens (including phenoxy) is 2. The van der Waals surface area contributed by atoms with Crippen LogP contribution < -0.4 is 0 Å². The van der Waals surface area contributed by atoms with Crippen LogP contribution in [0.5, 0.6) is 0 Å². The van der Waals surface area contributed by atoms with Gasteiger partial charge in [-0.1, -0.05) is 18.2 Å². The Morgan fingerprint density at radius 1 is 1.10 bits per heavy atom. The summed E-state index contributed by atoms with van der Waals surface area (Å²) in [4.78, 5) is 32.2. The average Bonchev–Trinajstić information content (AvgIpc) is 3.32. The van der Waals surface area contributed by atoms with E-state index >= 15 is 0 Å². The minimum absolute atomic E-state index is 0.136. The van der Waals surface area contributed by atoms with Crippen molar-refractivity contribution in [2.75, 3.05) is 46.0 Å². The Balaban J connectivity index is 1.12. The van der Waals surface area contributed by atoms with Crippen LogP contribution in [0.2, 0.25) is 0 Å². The number of rotatable bonds is 4. The van der Waals surface area contributed by atoms with Gasteiger partial charge >= 0.3 is 0 Å². The molecule has 1 unspecified atom stereocenters. The largest absolute Gasteiger partial charge is 0.378 e. The summed E-state index contributed by atoms with van der Waals surface area (Å²) in [5.41, 5.74) is 1.85. The number of hydrogen-bond donors (Lipinski definition) is 1. The predicted octanol–water partition coefficient (Wildman–Crippen LogP) is 1.58. The molecule has 2 aromatic rings. The van der Waals surface area contributed by atoms with Gasteiger partial charge in [-0.05, 0) is 24.0 Å². The molecule has 0 saturated carbocycles. The van der Waals surface area contributed by atoms with Crippen molar-refractivity contribution in [2.24, 2.45) is 5.92 Å². The van der Waals surface area contributed by atoms with Crippen molar-refractivity contribution < 1.29 is 19.1 Å². The molecular weight excluding hydrogens is 370 g/mol. The molecule has 0 radical (unpaired) electrons. The summed E-state index contributed by atoms with van der Waals surface area (Å²) >= 11 is 0. The van der Waals surface area contributed by atoms with E-state index in [0.717, 1.165) is 22.9 Å². The number of aromatic nitrogens is 1. The van der Waals surface area contributed by atoms with E-state index in [1.807, 2.05) is 40.3 Å². The molecule has 3 fully saturated rings. The number of carbonyl (C=O) groups is 2. The summed E-state index contributed by atoms with van der Waals surface area (Å²) in [6.07, 6.45) is 3.72. The number of fused-ring (bicyclic) bond motifs is 1. The Kier molecular flexibility index (Phi) is 4.80. The minimum Gasteiger partial charge on any atom is -0.378 e. The molecule has 0 bridgehead atoms. The molecule has 0 aliphatic carbocycles. The zero-order valence-corrected chi connectivity index (χ0v) is 16.6. The highest BCUT2D eigenvalue weighted by atomic mass is 16.5. The highest BCUT2D eigenvalue weighted by Crippen LogP contribution is 2.39. The molecule has 29 heavy (non-hydrogen) atoms. The molecule has 1 aromatic carbocycles. The molecule has 1 aromatic heterocycles. The third-order valence-electron chi connectivity index (χ3n) is 6.44. The van der Waals surface area contributed by atoms with Gasteiger partial charge in [0.25, 0.3) is 0 Å². The molecule has 1 spiro atoms. The van der Waals surface area contributed by atoms with Gasteiger partial charge in [-0.25, -0.2) is 0 Å². The lowest BCUT2D eigenvalue weighted by atomic mass is 9.85. The monoisotopic (exact) mass is 397 g/mol. The molecule has 7 nitrogen and oxygen atoms in total. The molecular formula is C22H27N3O4. The van der Waals surface area contributed by atoms with E-state index in [2.05, 4.69) is 4.98 Å². The fourth-order valence-electron chi connectivity index (χ4n) is 4.86. The van der Waals surface area contributed by atoms with Crippen LogP contribution in [-0.4, -0.2) is 78.2 Å². The topological polar surface area (TPSA) is 74.9 Å². The van der Waals surface area contributed by atoms with Crippen molar-refractivity contribution in [3.05, 3.63) is 36.0 Å². The fourth-order valence-corrected chi connectivity index (χ4v) is 4.86. The van der Waals surface area contributed by atoms with E-state index in [1.54, 1.807) is 0 Å². The van der Waals surface area contributed by atoms with Gasteiger partial charge < -0.3 is 24.3 Å². The number of para-hydroxylation sites is 1. The molecule has 3 saturated heterocycles. The van der Waals surface area contributed by atoms with E-state index in [1.165, 1.54) is 0 Å². The van der Waals surface area contributed by atoms with Gasteiger partial charge in [0.2, 0.25) is 11.8 Å². The maximum Gasteiger partial charge on any atom is 0.227 e. The van der Waals surface area contributed by atoms with Crippen LogP contribution in [0.25, 0.3) is 10.9 Å². The van der Waals surface area contributed by atoms with Crippen LogP contribution in [0, 0.1) is 5.92 Å². The van der Waals surface area contributed by atoms with Gasteiger partial charge in [0.1, 0.15) is 5.60 Å². The van der Waals surface area contributed by atoms with Crippen molar-refractivity contribution in [3.8, 4) is 0 Å². The average molecular weight is 397 g/mol. The van der Waals surface area contributed by atoms with Crippen LogP contribution in [0.3, 0.4) is 0 Å². The third kappa shape index (κ3) is 3.65. The van der Waals surface area contributed by atoms with Crippen molar-refractivity contribution in [3.63, 3.8) is 0 Å². The number of carbonyl (C=O) groups excluding carboxylic acids is 2. The Hall–Kier alpha value is -2.38. The number of aromatic amines is 1. The first kappa shape index (κ1) is 18.6. The Labute approximate surface area is 169 Å². The second-order valence-corrected chi connectivity index (χ2v) is 8.55. The minimum atomic E-state index is -0.244. The summed E-state index contributed by atoms with van der Waals surface area (Å²) < 4.78 is 11.4. The van der Waals surface area contributed by atoms with Crippen LogP contribution in [0.15, 0.2) is 30.5 Å².